The summed E-state index contributed by atoms with van der Waals surface area (Å²) in [5.41, 5.74) is 1.32. The maximum Gasteiger partial charge on any atom is 0.337 e. The lowest BCUT2D eigenvalue weighted by molar-refractivity contribution is 0.0698. The van der Waals surface area contributed by atoms with Gasteiger partial charge in [0.2, 0.25) is 0 Å². The molecule has 1 N–H and O–H groups in total. The molecule has 1 heterocycles. The Balaban J connectivity index is 2.54. The molecule has 6 nitrogen and oxygen atoms in total. The molecule has 0 atom stereocenters. The van der Waals surface area contributed by atoms with Crippen LogP contribution >= 0.6 is 0 Å². The second kappa shape index (κ2) is 4.28. The maximum atomic E-state index is 11.0. The third-order valence-corrected chi connectivity index (χ3v) is 2.27. The third-order valence-electron chi connectivity index (χ3n) is 2.27. The predicted molar refractivity (Wildman–Crippen MR) is 56.4 cm³/mol. The van der Waals surface area contributed by atoms with Gasteiger partial charge >= 0.3 is 5.97 Å². The summed E-state index contributed by atoms with van der Waals surface area (Å²) in [6.45, 7) is 0.948. The van der Waals surface area contributed by atoms with Gasteiger partial charge in [-0.3, -0.25) is 0 Å². The van der Waals surface area contributed by atoms with Crippen LogP contribution in [-0.2, 0) is 11.3 Å². The van der Waals surface area contributed by atoms with Gasteiger partial charge in [0.05, 0.1) is 18.7 Å². The summed E-state index contributed by atoms with van der Waals surface area (Å²) in [6, 6.07) is 4.93. The zero-order valence-electron chi connectivity index (χ0n) is 8.75. The summed E-state index contributed by atoms with van der Waals surface area (Å²) in [7, 11) is 1.58. The van der Waals surface area contributed by atoms with Crippen molar-refractivity contribution in [1.82, 2.24) is 15.0 Å². The Morgan fingerprint density at radius 1 is 1.56 bits per heavy atom. The fourth-order valence-electron chi connectivity index (χ4n) is 1.54. The molecule has 0 aliphatic carbocycles. The van der Waals surface area contributed by atoms with E-state index in [1.54, 1.807) is 23.9 Å². The van der Waals surface area contributed by atoms with E-state index in [9.17, 15) is 4.79 Å². The summed E-state index contributed by atoms with van der Waals surface area (Å²) in [5, 5.41) is 16.9. The van der Waals surface area contributed by atoms with Gasteiger partial charge in [0.25, 0.3) is 0 Å². The first kappa shape index (κ1) is 10.6. The Morgan fingerprint density at radius 2 is 2.38 bits per heavy atom. The zero-order chi connectivity index (χ0) is 11.5. The molecule has 16 heavy (non-hydrogen) atoms. The van der Waals surface area contributed by atoms with E-state index in [0.29, 0.717) is 24.2 Å². The van der Waals surface area contributed by atoms with Crippen molar-refractivity contribution >= 4 is 17.0 Å². The fourth-order valence-corrected chi connectivity index (χ4v) is 1.54. The Hall–Kier alpha value is -1.95. The highest BCUT2D eigenvalue weighted by Crippen LogP contribution is 2.16. The van der Waals surface area contributed by atoms with Crippen LogP contribution in [0.2, 0.25) is 0 Å². The van der Waals surface area contributed by atoms with E-state index in [0.717, 1.165) is 0 Å². The average Bonchev–Trinajstić information content (AvgIpc) is 2.69. The van der Waals surface area contributed by atoms with E-state index in [1.165, 1.54) is 6.07 Å². The lowest BCUT2D eigenvalue weighted by atomic mass is 10.2. The monoisotopic (exact) mass is 221 g/mol. The standard InChI is InChI=1S/C10H11N3O3/c1-16-6-5-13-9-7(10(14)15)3-2-4-8(9)11-12-13/h2-4H,5-6H2,1H3,(H,14,15). The molecule has 0 radical (unpaired) electrons. The largest absolute Gasteiger partial charge is 0.478 e. The molecule has 6 heteroatoms. The quantitative estimate of drug-likeness (QED) is 0.825. The predicted octanol–water partition coefficient (Wildman–Crippen LogP) is 0.776. The van der Waals surface area contributed by atoms with Crippen molar-refractivity contribution in [2.45, 2.75) is 6.54 Å². The molecule has 0 bridgehead atoms. The Morgan fingerprint density at radius 3 is 3.06 bits per heavy atom. The molecule has 0 fully saturated rings. The Kier molecular flexibility index (Phi) is 2.82. The van der Waals surface area contributed by atoms with E-state index < -0.39 is 5.97 Å². The summed E-state index contributed by atoms with van der Waals surface area (Å²) in [6.07, 6.45) is 0. The van der Waals surface area contributed by atoms with Crippen LogP contribution in [0.5, 0.6) is 0 Å². The van der Waals surface area contributed by atoms with E-state index in [2.05, 4.69) is 10.3 Å². The molecule has 0 amide bonds. The number of carbonyl (C=O) groups is 1. The minimum absolute atomic E-state index is 0.207. The summed E-state index contributed by atoms with van der Waals surface area (Å²) in [5.74, 6) is -0.980. The van der Waals surface area contributed by atoms with Gasteiger partial charge in [-0.15, -0.1) is 5.10 Å². The van der Waals surface area contributed by atoms with Gasteiger partial charge in [0.15, 0.2) is 0 Å². The van der Waals surface area contributed by atoms with Crippen molar-refractivity contribution in [1.29, 1.82) is 0 Å². The molecule has 84 valence electrons. The number of fused-ring (bicyclic) bond motifs is 1. The van der Waals surface area contributed by atoms with Gasteiger partial charge < -0.3 is 9.84 Å². The van der Waals surface area contributed by atoms with Crippen LogP contribution in [-0.4, -0.2) is 39.8 Å². The van der Waals surface area contributed by atoms with Crippen molar-refractivity contribution < 1.29 is 14.6 Å². The van der Waals surface area contributed by atoms with Crippen LogP contribution in [0, 0.1) is 0 Å². The number of para-hydroxylation sites is 1. The number of benzene rings is 1. The number of methoxy groups -OCH3 is 1. The normalized spacial score (nSPS) is 10.8. The van der Waals surface area contributed by atoms with E-state index in [1.807, 2.05) is 0 Å². The highest BCUT2D eigenvalue weighted by atomic mass is 16.5. The second-order valence-electron chi connectivity index (χ2n) is 3.28. The second-order valence-corrected chi connectivity index (χ2v) is 3.28. The van der Waals surface area contributed by atoms with Crippen LogP contribution in [0.3, 0.4) is 0 Å². The van der Waals surface area contributed by atoms with Crippen LogP contribution in [0.4, 0.5) is 0 Å². The van der Waals surface area contributed by atoms with Crippen molar-refractivity contribution in [2.24, 2.45) is 0 Å². The molecule has 0 aliphatic heterocycles. The molecule has 2 rings (SSSR count). The zero-order valence-corrected chi connectivity index (χ0v) is 8.75. The van der Waals surface area contributed by atoms with Crippen molar-refractivity contribution in [2.75, 3.05) is 13.7 Å². The number of hydrogen-bond donors (Lipinski definition) is 1. The molecule has 0 saturated heterocycles. The SMILES string of the molecule is COCCn1nnc2cccc(C(=O)O)c21. The number of ether oxygens (including phenoxy) is 1. The number of aromatic nitrogens is 3. The molecule has 2 aromatic rings. The van der Waals surface area contributed by atoms with Crippen LogP contribution in [0.15, 0.2) is 18.2 Å². The number of carboxylic acids is 1. The Labute approximate surface area is 91.4 Å². The molecule has 0 aliphatic rings. The van der Waals surface area contributed by atoms with E-state index in [-0.39, 0.29) is 5.56 Å². The first-order chi connectivity index (χ1) is 7.74. The summed E-state index contributed by atoms with van der Waals surface area (Å²) in [4.78, 5) is 11.0. The number of hydrogen-bond acceptors (Lipinski definition) is 4. The van der Waals surface area contributed by atoms with Gasteiger partial charge in [-0.2, -0.15) is 0 Å². The molecular weight excluding hydrogens is 210 g/mol. The molecule has 0 unspecified atom stereocenters. The van der Waals surface area contributed by atoms with Gasteiger partial charge in [-0.25, -0.2) is 9.48 Å². The maximum absolute atomic E-state index is 11.0. The third kappa shape index (κ3) is 1.74. The first-order valence-corrected chi connectivity index (χ1v) is 4.78. The average molecular weight is 221 g/mol. The van der Waals surface area contributed by atoms with Crippen LogP contribution < -0.4 is 0 Å². The van der Waals surface area contributed by atoms with Gasteiger partial charge in [0, 0.05) is 7.11 Å². The molecular formula is C10H11N3O3. The van der Waals surface area contributed by atoms with Crippen molar-refractivity contribution in [3.63, 3.8) is 0 Å². The Bertz CT molecular complexity index is 521. The van der Waals surface area contributed by atoms with Gasteiger partial charge in [0.1, 0.15) is 11.0 Å². The number of nitrogens with zero attached hydrogens (tertiary/aromatic N) is 3. The number of rotatable bonds is 4. The summed E-state index contributed by atoms with van der Waals surface area (Å²) >= 11 is 0. The molecule has 1 aromatic carbocycles. The van der Waals surface area contributed by atoms with Crippen LogP contribution in [0.25, 0.3) is 11.0 Å². The minimum Gasteiger partial charge on any atom is -0.478 e. The summed E-state index contributed by atoms with van der Waals surface area (Å²) < 4.78 is 6.47. The fraction of sp³-hybridized carbons (Fsp3) is 0.300. The van der Waals surface area contributed by atoms with Crippen LogP contribution in [0.1, 0.15) is 10.4 Å². The highest BCUT2D eigenvalue weighted by molar-refractivity contribution is 6.00. The smallest absolute Gasteiger partial charge is 0.337 e. The van der Waals surface area contributed by atoms with Crippen molar-refractivity contribution in [3.8, 4) is 0 Å². The van der Waals surface area contributed by atoms with E-state index in [4.69, 9.17) is 9.84 Å². The van der Waals surface area contributed by atoms with Gasteiger partial charge in [-0.05, 0) is 12.1 Å². The number of aromatic carboxylic acids is 1. The lowest BCUT2D eigenvalue weighted by Gasteiger charge is -2.03. The first-order valence-electron chi connectivity index (χ1n) is 4.78. The van der Waals surface area contributed by atoms with E-state index >= 15 is 0 Å². The highest BCUT2D eigenvalue weighted by Gasteiger charge is 2.13. The topological polar surface area (TPSA) is 77.2 Å². The molecule has 1 aromatic heterocycles. The van der Waals surface area contributed by atoms with Crippen molar-refractivity contribution in [3.05, 3.63) is 23.8 Å². The molecule has 0 saturated carbocycles. The lowest BCUT2D eigenvalue weighted by Crippen LogP contribution is -2.08. The number of carboxylic acid groups (broad SMARTS) is 1. The van der Waals surface area contributed by atoms with Gasteiger partial charge in [-0.1, -0.05) is 11.3 Å². The molecule has 0 spiro atoms. The minimum atomic E-state index is -0.980.